The lowest BCUT2D eigenvalue weighted by Crippen LogP contribution is -2.59. The van der Waals surface area contributed by atoms with Gasteiger partial charge in [-0.25, -0.2) is 9.18 Å². The van der Waals surface area contributed by atoms with Gasteiger partial charge in [0.05, 0.1) is 13.5 Å². The van der Waals surface area contributed by atoms with Crippen LogP contribution in [0.5, 0.6) is 0 Å². The van der Waals surface area contributed by atoms with Crippen LogP contribution in [0.15, 0.2) is 30.3 Å². The Morgan fingerprint density at radius 3 is 2.05 bits per heavy atom. The molecule has 304 valence electrons. The van der Waals surface area contributed by atoms with Crippen molar-refractivity contribution in [1.29, 1.82) is 0 Å². The maximum atomic E-state index is 14.2. The number of carboxylic acids is 1. The fourth-order valence-corrected chi connectivity index (χ4v) is 6.26. The average molecular weight is 775 g/mol. The van der Waals surface area contributed by atoms with Crippen LogP contribution in [-0.4, -0.2) is 102 Å². The molecular weight excluding hydrogens is 719 g/mol. The van der Waals surface area contributed by atoms with Gasteiger partial charge in [-0.15, -0.1) is 0 Å². The molecule has 1 aliphatic rings. The van der Waals surface area contributed by atoms with Gasteiger partial charge in [-0.2, -0.15) is 0 Å². The number of nitrogens with two attached hydrogens (primary N) is 1. The second-order valence-electron chi connectivity index (χ2n) is 14.3. The van der Waals surface area contributed by atoms with E-state index in [9.17, 15) is 47.9 Å². The smallest absolute Gasteiger partial charge is 0.328 e. The maximum absolute atomic E-state index is 14.2. The number of benzene rings is 1. The number of hydrogen-bond donors (Lipinski definition) is 6. The highest BCUT2D eigenvalue weighted by Gasteiger charge is 2.37. The third-order valence-electron chi connectivity index (χ3n) is 9.26. The quantitative estimate of drug-likeness (QED) is 0.0778. The lowest BCUT2D eigenvalue weighted by Gasteiger charge is -2.34. The van der Waals surface area contributed by atoms with Crippen molar-refractivity contribution in [2.45, 2.75) is 115 Å². The molecule has 0 heterocycles. The van der Waals surface area contributed by atoms with Crippen LogP contribution in [0.25, 0.3) is 6.08 Å². The molecule has 1 aromatic rings. The lowest BCUT2D eigenvalue weighted by molar-refractivity contribution is -0.148. The zero-order chi connectivity index (χ0) is 41.2. The molecule has 0 aliphatic heterocycles. The van der Waals surface area contributed by atoms with Crippen LogP contribution in [0.1, 0.15) is 90.5 Å². The highest BCUT2D eigenvalue weighted by molar-refractivity contribution is 5.98. The Morgan fingerprint density at radius 1 is 0.891 bits per heavy atom. The number of rotatable bonds is 21. The van der Waals surface area contributed by atoms with E-state index >= 15 is 0 Å². The molecule has 0 unspecified atom stereocenters. The summed E-state index contributed by atoms with van der Waals surface area (Å²) in [4.78, 5) is 104. The highest BCUT2D eigenvalue weighted by Crippen LogP contribution is 2.28. The molecule has 0 radical (unpaired) electrons. The van der Waals surface area contributed by atoms with Crippen molar-refractivity contribution in [3.05, 3.63) is 41.7 Å². The van der Waals surface area contributed by atoms with Crippen molar-refractivity contribution in [2.24, 2.45) is 17.6 Å². The number of halogens is 1. The van der Waals surface area contributed by atoms with E-state index in [0.717, 1.165) is 50.2 Å². The summed E-state index contributed by atoms with van der Waals surface area (Å²) in [6.45, 7) is 4.98. The number of nitrogens with zero attached hydrogens (tertiary/aromatic N) is 1. The zero-order valence-corrected chi connectivity index (χ0v) is 32.1. The first kappa shape index (κ1) is 45.8. The minimum atomic E-state index is -1.63. The van der Waals surface area contributed by atoms with Crippen molar-refractivity contribution in [3.8, 4) is 0 Å². The van der Waals surface area contributed by atoms with Gasteiger partial charge in [-0.3, -0.25) is 33.6 Å². The minimum absolute atomic E-state index is 0.00336. The number of esters is 1. The van der Waals surface area contributed by atoms with Gasteiger partial charge in [0.25, 0.3) is 0 Å². The normalized spacial score (nSPS) is 15.8. The van der Waals surface area contributed by atoms with Crippen LogP contribution < -0.4 is 27.0 Å². The van der Waals surface area contributed by atoms with E-state index in [4.69, 9.17) is 5.73 Å². The number of carboxylic acid groups (broad SMARTS) is 1. The second kappa shape index (κ2) is 22.8. The third kappa shape index (κ3) is 16.3. The molecule has 1 fully saturated rings. The van der Waals surface area contributed by atoms with Gasteiger partial charge < -0.3 is 41.7 Å². The monoisotopic (exact) mass is 774 g/mol. The summed E-state index contributed by atoms with van der Waals surface area (Å²) < 4.78 is 18.0. The molecule has 55 heavy (non-hydrogen) atoms. The number of aliphatic carboxylic acids is 1. The first-order valence-electron chi connectivity index (χ1n) is 18.4. The zero-order valence-electron chi connectivity index (χ0n) is 32.1. The number of nitrogens with one attached hydrogen (secondary N) is 4. The number of methoxy groups -OCH3 is 1. The predicted molar refractivity (Wildman–Crippen MR) is 199 cm³/mol. The SMILES string of the molecule is COC(=O)[C@H](C)NC(=O)[C@H](CC(C)C)NC(=O)[C@H](CC(=O)O)N(C)C(=O)[C@H](CC1CCCCC1)NC(=O)[C@H](CCC(N)=O)NC(=O)/C=C/c1ccc(F)cc1. The lowest BCUT2D eigenvalue weighted by atomic mass is 9.84. The molecule has 7 N–H and O–H groups in total. The van der Waals surface area contributed by atoms with Gasteiger partial charge in [-0.05, 0) is 61.8 Å². The summed E-state index contributed by atoms with van der Waals surface area (Å²) >= 11 is 0. The summed E-state index contributed by atoms with van der Waals surface area (Å²) in [7, 11) is 2.37. The molecule has 17 heteroatoms. The van der Waals surface area contributed by atoms with E-state index in [1.54, 1.807) is 13.8 Å². The summed E-state index contributed by atoms with van der Waals surface area (Å²) in [5, 5.41) is 20.0. The van der Waals surface area contributed by atoms with Crippen molar-refractivity contribution < 1.29 is 52.6 Å². The maximum Gasteiger partial charge on any atom is 0.328 e. The Morgan fingerprint density at radius 2 is 1.49 bits per heavy atom. The fourth-order valence-electron chi connectivity index (χ4n) is 6.26. The molecule has 1 aliphatic carbocycles. The molecule has 6 amide bonds. The van der Waals surface area contributed by atoms with Crippen molar-refractivity contribution in [3.63, 3.8) is 0 Å². The van der Waals surface area contributed by atoms with Crippen LogP contribution in [0.2, 0.25) is 0 Å². The summed E-state index contributed by atoms with van der Waals surface area (Å²) in [6.07, 6.45) is 5.73. The highest BCUT2D eigenvalue weighted by atomic mass is 19.1. The number of ether oxygens (including phenoxy) is 1. The van der Waals surface area contributed by atoms with E-state index in [-0.39, 0.29) is 37.5 Å². The first-order chi connectivity index (χ1) is 25.9. The molecule has 0 bridgehead atoms. The molecule has 2 rings (SSSR count). The summed E-state index contributed by atoms with van der Waals surface area (Å²) in [6, 6.07) is -1.18. The Bertz CT molecular complexity index is 1550. The summed E-state index contributed by atoms with van der Waals surface area (Å²) in [5.41, 5.74) is 5.84. The fraction of sp³-hybridized carbons (Fsp3) is 0.579. The van der Waals surface area contributed by atoms with Crippen molar-refractivity contribution in [1.82, 2.24) is 26.2 Å². The molecule has 16 nitrogen and oxygen atoms in total. The molecule has 1 saturated carbocycles. The standard InChI is InChI=1S/C38H55FN6O10/c1-22(2)19-28(35(51)41-23(3)38(54)55-5)43-36(52)30(21-33(48)49)45(4)37(53)29(20-25-9-7-6-8-10-25)44-34(50)27(16-17-31(40)46)42-32(47)18-13-24-11-14-26(39)15-12-24/h11-15,18,22-23,25,27-30H,6-10,16-17,19-21H2,1-5H3,(H2,40,46)(H,41,51)(H,42,47)(H,43,52)(H,44,50)(H,48,49)/b18-13+/t23-,27-,28-,29-,30-/m0/s1. The number of amides is 6. The van der Waals surface area contributed by atoms with E-state index in [1.165, 1.54) is 44.3 Å². The Kier molecular flexibility index (Phi) is 19.0. The molecule has 0 saturated heterocycles. The Labute approximate surface area is 320 Å². The van der Waals surface area contributed by atoms with Crippen molar-refractivity contribution >= 4 is 53.5 Å². The van der Waals surface area contributed by atoms with E-state index < -0.39 is 89.8 Å². The number of carbonyl (C=O) groups is 8. The van der Waals surface area contributed by atoms with Gasteiger partial charge in [0.2, 0.25) is 35.4 Å². The second-order valence-corrected chi connectivity index (χ2v) is 14.3. The molecule has 0 spiro atoms. The molecule has 1 aromatic carbocycles. The van der Waals surface area contributed by atoms with E-state index in [0.29, 0.717) is 5.56 Å². The van der Waals surface area contributed by atoms with E-state index in [2.05, 4.69) is 26.0 Å². The van der Waals surface area contributed by atoms with Crippen LogP contribution in [0, 0.1) is 17.7 Å². The number of likely N-dealkylation sites (N-methyl/N-ethyl adjacent to an activating group) is 1. The molecule has 5 atom stereocenters. The average Bonchev–Trinajstić information content (AvgIpc) is 3.13. The van der Waals surface area contributed by atoms with Crippen LogP contribution in [0.4, 0.5) is 4.39 Å². The van der Waals surface area contributed by atoms with Gasteiger partial charge in [-0.1, -0.05) is 58.1 Å². The van der Waals surface area contributed by atoms with Gasteiger partial charge in [0, 0.05) is 19.5 Å². The van der Waals surface area contributed by atoms with Crippen molar-refractivity contribution in [2.75, 3.05) is 14.2 Å². The van der Waals surface area contributed by atoms with Crippen LogP contribution in [-0.2, 0) is 43.1 Å². The van der Waals surface area contributed by atoms with E-state index in [1.807, 2.05) is 0 Å². The Hall–Kier alpha value is -5.35. The largest absolute Gasteiger partial charge is 0.481 e. The predicted octanol–water partition coefficient (Wildman–Crippen LogP) is 1.55. The Balaban J connectivity index is 2.38. The first-order valence-corrected chi connectivity index (χ1v) is 18.4. The number of primary amides is 1. The van der Waals surface area contributed by atoms with Crippen LogP contribution >= 0.6 is 0 Å². The van der Waals surface area contributed by atoms with Gasteiger partial charge in [0.15, 0.2) is 0 Å². The van der Waals surface area contributed by atoms with Gasteiger partial charge in [0.1, 0.15) is 36.0 Å². The van der Waals surface area contributed by atoms with Gasteiger partial charge >= 0.3 is 11.9 Å². The summed E-state index contributed by atoms with van der Waals surface area (Å²) in [5.74, 6) is -7.48. The number of hydrogen-bond acceptors (Lipinski definition) is 9. The topological polar surface area (TPSA) is 243 Å². The molecule has 0 aromatic heterocycles. The number of carbonyl (C=O) groups excluding carboxylic acids is 7. The van der Waals surface area contributed by atoms with Crippen LogP contribution in [0.3, 0.4) is 0 Å². The molecular formula is C38H55FN6O10. The minimum Gasteiger partial charge on any atom is -0.481 e. The third-order valence-corrected chi connectivity index (χ3v) is 9.26.